The van der Waals surface area contributed by atoms with E-state index in [9.17, 15) is 4.79 Å². The van der Waals surface area contributed by atoms with Crippen LogP contribution in [0.5, 0.6) is 0 Å². The SMILES string of the molecule is O=C(CCN1CCOCC1)N1C[C@@H]2CC[C@H]1CN(CCCc1ccccc1)C2. The lowest BCUT2D eigenvalue weighted by Crippen LogP contribution is -2.48. The molecule has 0 aliphatic carbocycles. The van der Waals surface area contributed by atoms with Crippen LogP contribution in [0.4, 0.5) is 0 Å². The van der Waals surface area contributed by atoms with Crippen LogP contribution in [-0.2, 0) is 16.0 Å². The van der Waals surface area contributed by atoms with E-state index in [4.69, 9.17) is 4.74 Å². The number of aryl methyl sites for hydroxylation is 1. The van der Waals surface area contributed by atoms with Crippen molar-refractivity contribution < 1.29 is 9.53 Å². The number of piperidine rings is 1. The van der Waals surface area contributed by atoms with Crippen molar-refractivity contribution in [2.45, 2.75) is 38.1 Å². The van der Waals surface area contributed by atoms with E-state index in [1.807, 2.05) is 0 Å². The molecule has 0 N–H and O–H groups in total. The number of morpholine rings is 1. The minimum absolute atomic E-state index is 0.368. The van der Waals surface area contributed by atoms with Crippen LogP contribution in [-0.4, -0.2) is 85.7 Å². The van der Waals surface area contributed by atoms with E-state index in [1.165, 1.54) is 31.4 Å². The molecule has 4 aliphatic heterocycles. The van der Waals surface area contributed by atoms with E-state index in [0.29, 0.717) is 24.3 Å². The van der Waals surface area contributed by atoms with Gasteiger partial charge in [-0.05, 0) is 43.7 Å². The largest absolute Gasteiger partial charge is 0.379 e. The number of hydrogen-bond acceptors (Lipinski definition) is 4. The molecule has 1 amide bonds. The number of benzene rings is 1. The minimum atomic E-state index is 0.368. The average molecular weight is 386 g/mol. The summed E-state index contributed by atoms with van der Waals surface area (Å²) in [4.78, 5) is 20.2. The Labute approximate surface area is 169 Å². The molecule has 4 saturated heterocycles. The zero-order chi connectivity index (χ0) is 19.2. The second-order valence-electron chi connectivity index (χ2n) is 8.70. The highest BCUT2D eigenvalue weighted by molar-refractivity contribution is 5.77. The van der Waals surface area contributed by atoms with Gasteiger partial charge in [0.25, 0.3) is 0 Å². The molecule has 1 aromatic rings. The van der Waals surface area contributed by atoms with Crippen molar-refractivity contribution in [3.63, 3.8) is 0 Å². The summed E-state index contributed by atoms with van der Waals surface area (Å²) in [5.74, 6) is 1.02. The first-order valence-electron chi connectivity index (χ1n) is 11.1. The fourth-order valence-electron chi connectivity index (χ4n) is 5.04. The van der Waals surface area contributed by atoms with Crippen molar-refractivity contribution in [1.82, 2.24) is 14.7 Å². The number of carbonyl (C=O) groups is 1. The number of amides is 1. The molecule has 0 saturated carbocycles. The second-order valence-corrected chi connectivity index (χ2v) is 8.70. The molecular weight excluding hydrogens is 350 g/mol. The zero-order valence-electron chi connectivity index (χ0n) is 17.1. The van der Waals surface area contributed by atoms with Gasteiger partial charge in [-0.3, -0.25) is 9.69 Å². The van der Waals surface area contributed by atoms with Gasteiger partial charge < -0.3 is 14.5 Å². The molecule has 2 atom stereocenters. The highest BCUT2D eigenvalue weighted by Crippen LogP contribution is 2.28. The average Bonchev–Trinajstić information content (AvgIpc) is 3.05. The molecule has 154 valence electrons. The van der Waals surface area contributed by atoms with Crippen molar-refractivity contribution >= 4 is 5.91 Å². The number of rotatable bonds is 7. The van der Waals surface area contributed by atoms with Crippen LogP contribution in [0.2, 0.25) is 0 Å². The van der Waals surface area contributed by atoms with Gasteiger partial charge in [0.05, 0.1) is 13.2 Å². The topological polar surface area (TPSA) is 36.0 Å². The van der Waals surface area contributed by atoms with E-state index in [1.54, 1.807) is 0 Å². The number of nitrogens with zero attached hydrogens (tertiary/aromatic N) is 3. The van der Waals surface area contributed by atoms with Crippen LogP contribution in [0.1, 0.15) is 31.2 Å². The summed E-state index contributed by atoms with van der Waals surface area (Å²) >= 11 is 0. The lowest BCUT2D eigenvalue weighted by molar-refractivity contribution is -0.135. The fourth-order valence-corrected chi connectivity index (χ4v) is 5.04. The molecule has 0 spiro atoms. The van der Waals surface area contributed by atoms with E-state index in [2.05, 4.69) is 45.0 Å². The van der Waals surface area contributed by atoms with Crippen molar-refractivity contribution in [2.24, 2.45) is 5.92 Å². The van der Waals surface area contributed by atoms with E-state index >= 15 is 0 Å². The molecule has 4 aliphatic rings. The Morgan fingerprint density at radius 1 is 0.964 bits per heavy atom. The number of carbonyl (C=O) groups excluding carboxylic acids is 1. The summed E-state index contributed by atoms with van der Waals surface area (Å²) in [5.41, 5.74) is 1.43. The van der Waals surface area contributed by atoms with E-state index in [-0.39, 0.29) is 0 Å². The Balaban J connectivity index is 1.25. The molecule has 0 radical (unpaired) electrons. The fraction of sp³-hybridized carbons (Fsp3) is 0.696. The molecule has 2 bridgehead atoms. The summed E-state index contributed by atoms with van der Waals surface area (Å²) in [6.07, 6.45) is 5.48. The molecule has 1 aromatic carbocycles. The van der Waals surface area contributed by atoms with Crippen molar-refractivity contribution in [1.29, 1.82) is 0 Å². The second kappa shape index (κ2) is 9.86. The monoisotopic (exact) mass is 385 g/mol. The first-order chi connectivity index (χ1) is 13.8. The van der Waals surface area contributed by atoms with Crippen LogP contribution in [0.3, 0.4) is 0 Å². The summed E-state index contributed by atoms with van der Waals surface area (Å²) in [5, 5.41) is 0. The molecule has 4 heterocycles. The highest BCUT2D eigenvalue weighted by Gasteiger charge is 2.36. The third kappa shape index (κ3) is 5.34. The Kier molecular flexibility index (Phi) is 7.00. The van der Waals surface area contributed by atoms with Gasteiger partial charge in [-0.15, -0.1) is 0 Å². The Bertz CT molecular complexity index is 618. The summed E-state index contributed by atoms with van der Waals surface area (Å²) in [7, 11) is 0. The molecule has 5 rings (SSSR count). The zero-order valence-corrected chi connectivity index (χ0v) is 17.1. The van der Waals surface area contributed by atoms with Crippen LogP contribution in [0.15, 0.2) is 30.3 Å². The van der Waals surface area contributed by atoms with Gasteiger partial charge in [-0.1, -0.05) is 30.3 Å². The predicted molar refractivity (Wildman–Crippen MR) is 111 cm³/mol. The Hall–Kier alpha value is -1.43. The van der Waals surface area contributed by atoms with Crippen LogP contribution >= 0.6 is 0 Å². The maximum absolute atomic E-state index is 12.9. The summed E-state index contributed by atoms with van der Waals surface area (Å²) < 4.78 is 5.41. The quantitative estimate of drug-likeness (QED) is 0.721. The van der Waals surface area contributed by atoms with Crippen LogP contribution < -0.4 is 0 Å². The third-order valence-electron chi connectivity index (χ3n) is 6.64. The standard InChI is InChI=1S/C23H35N3O2/c27-23(10-12-24-13-15-28-16-14-24)26-18-21-8-9-22(26)19-25(17-21)11-4-7-20-5-2-1-3-6-20/h1-3,5-6,21-22H,4,7-19H2/t21-,22+/m1/s1. The van der Waals surface area contributed by atoms with Gasteiger partial charge in [0.1, 0.15) is 0 Å². The molecule has 4 fully saturated rings. The molecule has 0 aromatic heterocycles. The van der Waals surface area contributed by atoms with Gasteiger partial charge in [-0.2, -0.15) is 0 Å². The van der Waals surface area contributed by atoms with Crippen molar-refractivity contribution in [3.8, 4) is 0 Å². The smallest absolute Gasteiger partial charge is 0.224 e. The molecule has 28 heavy (non-hydrogen) atoms. The third-order valence-corrected chi connectivity index (χ3v) is 6.64. The highest BCUT2D eigenvalue weighted by atomic mass is 16.5. The van der Waals surface area contributed by atoms with Crippen molar-refractivity contribution in [2.75, 3.05) is 59.0 Å². The van der Waals surface area contributed by atoms with Gasteiger partial charge >= 0.3 is 0 Å². The maximum Gasteiger partial charge on any atom is 0.224 e. The molecule has 0 unspecified atom stereocenters. The minimum Gasteiger partial charge on any atom is -0.379 e. The van der Waals surface area contributed by atoms with Crippen LogP contribution in [0.25, 0.3) is 0 Å². The van der Waals surface area contributed by atoms with Gasteiger partial charge in [0, 0.05) is 51.7 Å². The predicted octanol–water partition coefficient (Wildman–Crippen LogP) is 2.26. The van der Waals surface area contributed by atoms with Crippen LogP contribution in [0, 0.1) is 5.92 Å². The van der Waals surface area contributed by atoms with Gasteiger partial charge in [-0.25, -0.2) is 0 Å². The Morgan fingerprint density at radius 2 is 1.79 bits per heavy atom. The molecular formula is C23H35N3O2. The number of fused-ring (bicyclic) bond motifs is 4. The number of ether oxygens (including phenoxy) is 1. The maximum atomic E-state index is 12.9. The molecule has 5 nitrogen and oxygen atoms in total. The van der Waals surface area contributed by atoms with E-state index in [0.717, 1.165) is 58.9 Å². The Morgan fingerprint density at radius 3 is 2.61 bits per heavy atom. The lowest BCUT2D eigenvalue weighted by atomic mass is 9.94. The van der Waals surface area contributed by atoms with Gasteiger partial charge in [0.15, 0.2) is 0 Å². The normalized spacial score (nSPS) is 26.4. The van der Waals surface area contributed by atoms with E-state index < -0.39 is 0 Å². The van der Waals surface area contributed by atoms with Crippen molar-refractivity contribution in [3.05, 3.63) is 35.9 Å². The summed E-state index contributed by atoms with van der Waals surface area (Å²) in [6.45, 7) is 8.79. The first kappa shape index (κ1) is 19.9. The summed E-state index contributed by atoms with van der Waals surface area (Å²) in [6, 6.07) is 11.2. The first-order valence-corrected chi connectivity index (χ1v) is 11.1. The number of hydrogen-bond donors (Lipinski definition) is 0. The van der Waals surface area contributed by atoms with Gasteiger partial charge in [0.2, 0.25) is 5.91 Å². The lowest BCUT2D eigenvalue weighted by Gasteiger charge is -2.37. The molecule has 5 heteroatoms.